The highest BCUT2D eigenvalue weighted by Crippen LogP contribution is 2.25. The average molecular weight is 206 g/mol. The molecule has 2 rings (SSSR count). The number of nitrogens with one attached hydrogen (secondary N) is 1. The van der Waals surface area contributed by atoms with E-state index in [1.807, 2.05) is 0 Å². The predicted octanol–water partition coefficient (Wildman–Crippen LogP) is 1.06. The summed E-state index contributed by atoms with van der Waals surface area (Å²) in [6, 6.07) is 6.76. The van der Waals surface area contributed by atoms with Crippen LogP contribution in [-0.4, -0.2) is 19.2 Å². The third-order valence-corrected chi connectivity index (χ3v) is 2.76. The molecule has 1 aliphatic heterocycles. The Morgan fingerprint density at radius 1 is 1.53 bits per heavy atom. The minimum atomic E-state index is 0.370. The zero-order valence-electron chi connectivity index (χ0n) is 9.12. The van der Waals surface area contributed by atoms with Crippen LogP contribution in [0.1, 0.15) is 18.1 Å². The molecule has 0 radical (unpaired) electrons. The van der Waals surface area contributed by atoms with Gasteiger partial charge in [-0.3, -0.25) is 0 Å². The molecule has 0 bridgehead atoms. The molecule has 0 saturated heterocycles. The van der Waals surface area contributed by atoms with Gasteiger partial charge in [0.15, 0.2) is 0 Å². The Morgan fingerprint density at radius 3 is 3.20 bits per heavy atom. The first-order valence-corrected chi connectivity index (χ1v) is 5.47. The number of fused-ring (bicyclic) bond motifs is 1. The fraction of sp³-hybridized carbons (Fsp3) is 0.500. The molecule has 1 aromatic rings. The largest absolute Gasteiger partial charge is 0.493 e. The van der Waals surface area contributed by atoms with Crippen molar-refractivity contribution in [1.82, 2.24) is 5.32 Å². The summed E-state index contributed by atoms with van der Waals surface area (Å²) in [4.78, 5) is 0. The molecule has 1 aliphatic rings. The van der Waals surface area contributed by atoms with Crippen molar-refractivity contribution in [1.29, 1.82) is 0 Å². The standard InChI is InChI=1S/C12H18N2O/c1-9(7-13)14-8-10-2-3-12-11(6-10)4-5-15-12/h2-3,6,9,14H,4-5,7-8,13H2,1H3. The van der Waals surface area contributed by atoms with E-state index in [1.165, 1.54) is 11.1 Å². The summed E-state index contributed by atoms with van der Waals surface area (Å²) < 4.78 is 5.46. The lowest BCUT2D eigenvalue weighted by molar-refractivity contribution is 0.357. The van der Waals surface area contributed by atoms with Crippen LogP contribution in [0, 0.1) is 0 Å². The average Bonchev–Trinajstić information content (AvgIpc) is 2.72. The molecule has 1 unspecified atom stereocenters. The fourth-order valence-electron chi connectivity index (χ4n) is 1.73. The van der Waals surface area contributed by atoms with Crippen molar-refractivity contribution >= 4 is 0 Å². The van der Waals surface area contributed by atoms with Crippen LogP contribution in [0.2, 0.25) is 0 Å². The minimum Gasteiger partial charge on any atom is -0.493 e. The van der Waals surface area contributed by atoms with Crippen LogP contribution < -0.4 is 15.8 Å². The highest BCUT2D eigenvalue weighted by Gasteiger charge is 2.11. The van der Waals surface area contributed by atoms with Gasteiger partial charge in [0, 0.05) is 25.6 Å². The number of nitrogens with two attached hydrogens (primary N) is 1. The maximum absolute atomic E-state index is 5.54. The maximum Gasteiger partial charge on any atom is 0.122 e. The molecule has 0 aromatic heterocycles. The molecule has 1 heterocycles. The Hall–Kier alpha value is -1.06. The maximum atomic E-state index is 5.54. The monoisotopic (exact) mass is 206 g/mol. The van der Waals surface area contributed by atoms with Crippen LogP contribution in [0.3, 0.4) is 0 Å². The van der Waals surface area contributed by atoms with Gasteiger partial charge in [0.25, 0.3) is 0 Å². The van der Waals surface area contributed by atoms with Gasteiger partial charge < -0.3 is 15.8 Å². The molecule has 0 amide bonds. The van der Waals surface area contributed by atoms with Crippen molar-refractivity contribution < 1.29 is 4.74 Å². The SMILES string of the molecule is CC(CN)NCc1ccc2c(c1)CCO2. The van der Waals surface area contributed by atoms with Gasteiger partial charge in [-0.15, -0.1) is 0 Å². The predicted molar refractivity (Wildman–Crippen MR) is 61.0 cm³/mol. The number of rotatable bonds is 4. The third-order valence-electron chi connectivity index (χ3n) is 2.76. The molecule has 0 aliphatic carbocycles. The van der Waals surface area contributed by atoms with E-state index in [1.54, 1.807) is 0 Å². The molecule has 1 atom stereocenters. The van der Waals surface area contributed by atoms with Crippen LogP contribution in [0.25, 0.3) is 0 Å². The van der Waals surface area contributed by atoms with Gasteiger partial charge in [0.05, 0.1) is 6.61 Å². The molecule has 1 aromatic carbocycles. The second kappa shape index (κ2) is 4.64. The van der Waals surface area contributed by atoms with Crippen molar-refractivity contribution in [3.05, 3.63) is 29.3 Å². The molecule has 0 fully saturated rings. The van der Waals surface area contributed by atoms with Crippen LogP contribution in [0.15, 0.2) is 18.2 Å². The molecule has 82 valence electrons. The third kappa shape index (κ3) is 2.49. The molecule has 3 N–H and O–H groups in total. The van der Waals surface area contributed by atoms with Gasteiger partial charge in [-0.25, -0.2) is 0 Å². The molecule has 15 heavy (non-hydrogen) atoms. The number of hydrogen-bond donors (Lipinski definition) is 2. The zero-order chi connectivity index (χ0) is 10.7. The first-order valence-electron chi connectivity index (χ1n) is 5.47. The Labute approximate surface area is 90.6 Å². The number of ether oxygens (including phenoxy) is 1. The molecule has 0 spiro atoms. The summed E-state index contributed by atoms with van der Waals surface area (Å²) in [5.41, 5.74) is 8.18. The first-order chi connectivity index (χ1) is 7.29. The van der Waals surface area contributed by atoms with Gasteiger partial charge in [-0.1, -0.05) is 12.1 Å². The van der Waals surface area contributed by atoms with Gasteiger partial charge >= 0.3 is 0 Å². The highest BCUT2D eigenvalue weighted by atomic mass is 16.5. The molecular weight excluding hydrogens is 188 g/mol. The van der Waals surface area contributed by atoms with E-state index in [0.29, 0.717) is 12.6 Å². The lowest BCUT2D eigenvalue weighted by atomic mass is 10.1. The van der Waals surface area contributed by atoms with Crippen LogP contribution in [0.5, 0.6) is 5.75 Å². The summed E-state index contributed by atoms with van der Waals surface area (Å²) in [5.74, 6) is 1.05. The van der Waals surface area contributed by atoms with E-state index in [9.17, 15) is 0 Å². The van der Waals surface area contributed by atoms with E-state index in [2.05, 4.69) is 30.4 Å². The second-order valence-corrected chi connectivity index (χ2v) is 4.06. The van der Waals surface area contributed by atoms with E-state index < -0.39 is 0 Å². The summed E-state index contributed by atoms with van der Waals surface area (Å²) in [7, 11) is 0. The zero-order valence-corrected chi connectivity index (χ0v) is 9.12. The Bertz CT molecular complexity index is 338. The van der Waals surface area contributed by atoms with Crippen molar-refractivity contribution in [2.45, 2.75) is 25.9 Å². The summed E-state index contributed by atoms with van der Waals surface area (Å²) in [6.07, 6.45) is 1.04. The van der Waals surface area contributed by atoms with E-state index in [-0.39, 0.29) is 0 Å². The van der Waals surface area contributed by atoms with Crippen molar-refractivity contribution in [3.8, 4) is 5.75 Å². The van der Waals surface area contributed by atoms with E-state index >= 15 is 0 Å². The van der Waals surface area contributed by atoms with E-state index in [0.717, 1.165) is 25.3 Å². The van der Waals surface area contributed by atoms with Crippen LogP contribution >= 0.6 is 0 Å². The van der Waals surface area contributed by atoms with Crippen LogP contribution in [0.4, 0.5) is 0 Å². The fourth-order valence-corrected chi connectivity index (χ4v) is 1.73. The van der Waals surface area contributed by atoms with Crippen LogP contribution in [-0.2, 0) is 13.0 Å². The van der Waals surface area contributed by atoms with E-state index in [4.69, 9.17) is 10.5 Å². The van der Waals surface area contributed by atoms with Gasteiger partial charge in [0.1, 0.15) is 5.75 Å². The van der Waals surface area contributed by atoms with Crippen molar-refractivity contribution in [2.24, 2.45) is 5.73 Å². The summed E-state index contributed by atoms with van der Waals surface area (Å²) >= 11 is 0. The van der Waals surface area contributed by atoms with Gasteiger partial charge in [0.2, 0.25) is 0 Å². The highest BCUT2D eigenvalue weighted by molar-refractivity contribution is 5.39. The van der Waals surface area contributed by atoms with Crippen molar-refractivity contribution in [3.63, 3.8) is 0 Å². The first kappa shape index (κ1) is 10.5. The van der Waals surface area contributed by atoms with Gasteiger partial charge in [-0.2, -0.15) is 0 Å². The lowest BCUT2D eigenvalue weighted by Gasteiger charge is -2.11. The smallest absolute Gasteiger partial charge is 0.122 e. The normalized spacial score (nSPS) is 15.9. The number of benzene rings is 1. The summed E-state index contributed by atoms with van der Waals surface area (Å²) in [6.45, 7) is 4.47. The lowest BCUT2D eigenvalue weighted by Crippen LogP contribution is -2.32. The Kier molecular flexibility index (Phi) is 3.23. The molecule has 3 heteroatoms. The second-order valence-electron chi connectivity index (χ2n) is 4.06. The topological polar surface area (TPSA) is 47.3 Å². The Balaban J connectivity index is 1.98. The molecular formula is C12H18N2O. The molecule has 3 nitrogen and oxygen atoms in total. The van der Waals surface area contributed by atoms with Gasteiger partial charge in [-0.05, 0) is 24.1 Å². The summed E-state index contributed by atoms with van der Waals surface area (Å²) in [5, 5.41) is 3.37. The molecule has 0 saturated carbocycles. The quantitative estimate of drug-likeness (QED) is 0.774. The Morgan fingerprint density at radius 2 is 2.40 bits per heavy atom. The van der Waals surface area contributed by atoms with Crippen molar-refractivity contribution in [2.75, 3.05) is 13.2 Å². The minimum absolute atomic E-state index is 0.370. The number of hydrogen-bond acceptors (Lipinski definition) is 3.